The molecule has 0 spiro atoms. The number of nitrogens with zero attached hydrogens (tertiary/aromatic N) is 4. The van der Waals surface area contributed by atoms with Gasteiger partial charge in [0.05, 0.1) is 6.04 Å². The van der Waals surface area contributed by atoms with Crippen LogP contribution in [-0.4, -0.2) is 40.8 Å². The molecule has 0 unspecified atom stereocenters. The quantitative estimate of drug-likeness (QED) is 0.644. The molecular formula is C24H34N6S. The van der Waals surface area contributed by atoms with E-state index in [-0.39, 0.29) is 6.04 Å². The van der Waals surface area contributed by atoms with E-state index in [1.54, 1.807) is 0 Å². The van der Waals surface area contributed by atoms with Crippen LogP contribution in [0.2, 0.25) is 0 Å². The lowest BCUT2D eigenvalue weighted by atomic mass is 10.0. The van der Waals surface area contributed by atoms with Gasteiger partial charge < -0.3 is 20.4 Å². The first-order valence-electron chi connectivity index (χ1n) is 11.6. The highest BCUT2D eigenvalue weighted by Gasteiger charge is 2.23. The average molecular weight is 439 g/mol. The molecule has 1 aromatic carbocycles. The summed E-state index contributed by atoms with van der Waals surface area (Å²) in [5.74, 6) is 2.58. The van der Waals surface area contributed by atoms with Gasteiger partial charge in [-0.3, -0.25) is 0 Å². The number of nitrogens with one attached hydrogen (secondary N) is 2. The maximum absolute atomic E-state index is 5.61. The van der Waals surface area contributed by atoms with Crippen molar-refractivity contribution in [3.8, 4) is 0 Å². The Morgan fingerprint density at radius 3 is 2.45 bits per heavy atom. The van der Waals surface area contributed by atoms with Crippen LogP contribution in [0, 0.1) is 0 Å². The Bertz CT molecular complexity index is 868. The molecule has 6 nitrogen and oxygen atoms in total. The van der Waals surface area contributed by atoms with E-state index in [0.29, 0.717) is 17.1 Å². The first kappa shape index (κ1) is 21.8. The van der Waals surface area contributed by atoms with Gasteiger partial charge in [0.1, 0.15) is 11.6 Å². The zero-order chi connectivity index (χ0) is 21.6. The van der Waals surface area contributed by atoms with Crippen LogP contribution in [0.3, 0.4) is 0 Å². The second-order valence-corrected chi connectivity index (χ2v) is 9.13. The summed E-state index contributed by atoms with van der Waals surface area (Å²) in [5.41, 5.74) is 1.19. The summed E-state index contributed by atoms with van der Waals surface area (Å²) in [7, 11) is 0. The third kappa shape index (κ3) is 5.64. The van der Waals surface area contributed by atoms with Crippen molar-refractivity contribution in [1.82, 2.24) is 15.3 Å². The van der Waals surface area contributed by atoms with Crippen molar-refractivity contribution in [2.45, 2.75) is 64.5 Å². The minimum Gasteiger partial charge on any atom is -0.356 e. The summed E-state index contributed by atoms with van der Waals surface area (Å²) in [6.45, 7) is 7.56. The maximum Gasteiger partial charge on any atom is 0.232 e. The molecule has 0 saturated carbocycles. The molecule has 2 N–H and O–H groups in total. The summed E-state index contributed by atoms with van der Waals surface area (Å²) in [6.07, 6.45) is 7.45. The largest absolute Gasteiger partial charge is 0.356 e. The summed E-state index contributed by atoms with van der Waals surface area (Å²) in [4.78, 5) is 14.5. The van der Waals surface area contributed by atoms with Crippen LogP contribution in [0.5, 0.6) is 0 Å². The Hall–Kier alpha value is -2.41. The van der Waals surface area contributed by atoms with E-state index in [4.69, 9.17) is 22.2 Å². The molecule has 7 heteroatoms. The van der Waals surface area contributed by atoms with Gasteiger partial charge >= 0.3 is 0 Å². The Morgan fingerprint density at radius 1 is 1.00 bits per heavy atom. The van der Waals surface area contributed by atoms with Gasteiger partial charge in [-0.05, 0) is 70.2 Å². The van der Waals surface area contributed by atoms with Crippen LogP contribution in [0.1, 0.15) is 64.0 Å². The number of anilines is 3. The fraction of sp³-hybridized carbons (Fsp3) is 0.542. The van der Waals surface area contributed by atoms with Gasteiger partial charge in [-0.1, -0.05) is 30.3 Å². The molecule has 2 saturated heterocycles. The number of aromatic nitrogens is 2. The number of hydrogen-bond acceptors (Lipinski definition) is 5. The van der Waals surface area contributed by atoms with E-state index in [0.717, 1.165) is 31.3 Å². The molecule has 31 heavy (non-hydrogen) atoms. The van der Waals surface area contributed by atoms with E-state index in [9.17, 15) is 0 Å². The summed E-state index contributed by atoms with van der Waals surface area (Å²) in [6, 6.07) is 13.1. The van der Waals surface area contributed by atoms with E-state index in [2.05, 4.69) is 52.5 Å². The Morgan fingerprint density at radius 2 is 1.71 bits per heavy atom. The van der Waals surface area contributed by atoms with Crippen molar-refractivity contribution in [1.29, 1.82) is 0 Å². The molecule has 1 aromatic heterocycles. The van der Waals surface area contributed by atoms with Gasteiger partial charge in [0.15, 0.2) is 5.11 Å². The highest BCUT2D eigenvalue weighted by Crippen LogP contribution is 2.28. The smallest absolute Gasteiger partial charge is 0.232 e. The summed E-state index contributed by atoms with van der Waals surface area (Å²) in [5, 5.41) is 7.17. The molecule has 2 fully saturated rings. The number of benzene rings is 1. The van der Waals surface area contributed by atoms with Crippen LogP contribution in [0.4, 0.5) is 17.6 Å². The zero-order valence-electron chi connectivity index (χ0n) is 18.7. The molecule has 3 heterocycles. The topological polar surface area (TPSA) is 56.3 Å². The number of thiocarbonyl (C=S) groups is 1. The Kier molecular flexibility index (Phi) is 7.22. The summed E-state index contributed by atoms with van der Waals surface area (Å²) >= 11 is 5.61. The van der Waals surface area contributed by atoms with Gasteiger partial charge in [-0.25, -0.2) is 0 Å². The van der Waals surface area contributed by atoms with Crippen molar-refractivity contribution in [2.75, 3.05) is 34.8 Å². The van der Waals surface area contributed by atoms with Crippen LogP contribution in [0.15, 0.2) is 36.4 Å². The lowest BCUT2D eigenvalue weighted by molar-refractivity contribution is 0.481. The Labute approximate surface area is 191 Å². The highest BCUT2D eigenvalue weighted by atomic mass is 32.1. The third-order valence-corrected chi connectivity index (χ3v) is 6.57. The molecule has 4 rings (SSSR count). The predicted molar refractivity (Wildman–Crippen MR) is 133 cm³/mol. The van der Waals surface area contributed by atoms with E-state index >= 15 is 0 Å². The fourth-order valence-corrected chi connectivity index (χ4v) is 4.78. The monoisotopic (exact) mass is 438 g/mol. The SMILES string of the molecule is C[C@@H](NC(=S)Nc1nc(N2CCCCC2)cc(N2CCCC[C@@H]2C)n1)c1ccccc1. The lowest BCUT2D eigenvalue weighted by Gasteiger charge is -2.35. The molecule has 0 radical (unpaired) electrons. The minimum atomic E-state index is 0.105. The van der Waals surface area contributed by atoms with Crippen molar-refractivity contribution in [3.05, 3.63) is 42.0 Å². The summed E-state index contributed by atoms with van der Waals surface area (Å²) < 4.78 is 0. The molecule has 0 aliphatic carbocycles. The van der Waals surface area contributed by atoms with E-state index < -0.39 is 0 Å². The second-order valence-electron chi connectivity index (χ2n) is 8.72. The van der Waals surface area contributed by atoms with Crippen LogP contribution >= 0.6 is 12.2 Å². The minimum absolute atomic E-state index is 0.105. The van der Waals surface area contributed by atoms with Crippen molar-refractivity contribution < 1.29 is 0 Å². The van der Waals surface area contributed by atoms with Gasteiger partial charge in [0.2, 0.25) is 5.95 Å². The fourth-order valence-electron chi connectivity index (χ4n) is 4.51. The number of rotatable bonds is 5. The molecule has 0 amide bonds. The molecular weight excluding hydrogens is 404 g/mol. The highest BCUT2D eigenvalue weighted by molar-refractivity contribution is 7.80. The first-order valence-corrected chi connectivity index (χ1v) is 12.0. The van der Waals surface area contributed by atoms with Crippen molar-refractivity contribution in [2.24, 2.45) is 0 Å². The third-order valence-electron chi connectivity index (χ3n) is 6.35. The van der Waals surface area contributed by atoms with E-state index in [1.165, 1.54) is 44.1 Å². The number of piperidine rings is 2. The van der Waals surface area contributed by atoms with Crippen LogP contribution in [0.25, 0.3) is 0 Å². The van der Waals surface area contributed by atoms with Gasteiger partial charge in [0, 0.05) is 31.7 Å². The molecule has 0 bridgehead atoms. The van der Waals surface area contributed by atoms with E-state index in [1.807, 2.05) is 18.2 Å². The zero-order valence-corrected chi connectivity index (χ0v) is 19.5. The maximum atomic E-state index is 5.61. The molecule has 166 valence electrons. The molecule has 2 aliphatic heterocycles. The van der Waals surface area contributed by atoms with Crippen molar-refractivity contribution in [3.63, 3.8) is 0 Å². The standard InChI is InChI=1S/C24H34N6S/c1-18-11-7-10-16-30(18)22-17-21(29-14-8-4-9-15-29)26-23(27-22)28-24(31)25-19(2)20-12-5-3-6-13-20/h3,5-6,12-13,17-19H,4,7-11,14-16H2,1-2H3,(H2,25,26,27,28,31)/t18-,19+/m0/s1. The molecule has 2 atom stereocenters. The van der Waals surface area contributed by atoms with Crippen molar-refractivity contribution >= 4 is 34.9 Å². The van der Waals surface area contributed by atoms with Gasteiger partial charge in [0.25, 0.3) is 0 Å². The van der Waals surface area contributed by atoms with Crippen LogP contribution < -0.4 is 20.4 Å². The normalized spacial score (nSPS) is 20.3. The molecule has 2 aromatic rings. The predicted octanol–water partition coefficient (Wildman–Crippen LogP) is 4.89. The van der Waals surface area contributed by atoms with Crippen LogP contribution in [-0.2, 0) is 0 Å². The first-order chi connectivity index (χ1) is 15.1. The average Bonchev–Trinajstić information content (AvgIpc) is 2.80. The second kappa shape index (κ2) is 10.3. The number of hydrogen-bond donors (Lipinski definition) is 2. The molecule has 2 aliphatic rings. The van der Waals surface area contributed by atoms with Gasteiger partial charge in [-0.2, -0.15) is 9.97 Å². The van der Waals surface area contributed by atoms with Gasteiger partial charge in [-0.15, -0.1) is 0 Å². The lowest BCUT2D eigenvalue weighted by Crippen LogP contribution is -2.39. The Balaban J connectivity index is 1.53.